The number of rotatable bonds is 5. The molecule has 1 heterocycles. The number of halogens is 2. The lowest BCUT2D eigenvalue weighted by molar-refractivity contribution is -0.115. The molecule has 0 fully saturated rings. The van der Waals surface area contributed by atoms with Crippen molar-refractivity contribution in [3.63, 3.8) is 0 Å². The number of benzene rings is 2. The van der Waals surface area contributed by atoms with E-state index in [0.717, 1.165) is 16.8 Å². The number of carbonyl (C=O) groups is 2. The Kier molecular flexibility index (Phi) is 6.65. The molecule has 0 aliphatic heterocycles. The lowest BCUT2D eigenvalue weighted by Gasteiger charge is -2.21. The van der Waals surface area contributed by atoms with Crippen LogP contribution in [0, 0.1) is 13.8 Å². The Bertz CT molecular complexity index is 1130. The van der Waals surface area contributed by atoms with Crippen molar-refractivity contribution in [3.8, 4) is 0 Å². The maximum absolute atomic E-state index is 12.4. The first-order chi connectivity index (χ1) is 14.2. The maximum atomic E-state index is 12.4. The Morgan fingerprint density at radius 2 is 1.97 bits per heavy atom. The van der Waals surface area contributed by atoms with Crippen molar-refractivity contribution >= 4 is 62.9 Å². The van der Waals surface area contributed by atoms with E-state index in [1.165, 1.54) is 30.4 Å². The second-order valence-corrected chi connectivity index (χ2v) is 8.30. The summed E-state index contributed by atoms with van der Waals surface area (Å²) in [5.41, 5.74) is 9.36. The zero-order valence-corrected chi connectivity index (χ0v) is 18.9. The first kappa shape index (κ1) is 22.1. The summed E-state index contributed by atoms with van der Waals surface area (Å²) in [7, 11) is 0. The van der Waals surface area contributed by atoms with Gasteiger partial charge in [-0.15, -0.1) is 11.3 Å². The van der Waals surface area contributed by atoms with Crippen molar-refractivity contribution in [2.24, 2.45) is 0 Å². The molecule has 3 rings (SSSR count). The highest BCUT2D eigenvalue weighted by Gasteiger charge is 2.21. The van der Waals surface area contributed by atoms with Crippen molar-refractivity contribution in [3.05, 3.63) is 68.1 Å². The Morgan fingerprint density at radius 3 is 2.67 bits per heavy atom. The van der Waals surface area contributed by atoms with Crippen LogP contribution in [0.15, 0.2) is 35.7 Å². The van der Waals surface area contributed by atoms with Gasteiger partial charge in [0, 0.05) is 17.3 Å². The van der Waals surface area contributed by atoms with Crippen molar-refractivity contribution in [2.75, 3.05) is 10.6 Å². The number of nitrogens with zero attached hydrogens (tertiary/aromatic N) is 2. The summed E-state index contributed by atoms with van der Waals surface area (Å²) >= 11 is 13.2. The minimum absolute atomic E-state index is 0.0859. The summed E-state index contributed by atoms with van der Waals surface area (Å²) in [5, 5.41) is 2.68. The molecule has 0 radical (unpaired) electrons. The highest BCUT2D eigenvalue weighted by atomic mass is 35.5. The Labute approximate surface area is 188 Å². The molecule has 6 nitrogen and oxygen atoms in total. The largest absolute Gasteiger partial charge is 0.455 e. The zero-order chi connectivity index (χ0) is 22.0. The fraction of sp³-hybridized carbons (Fsp3) is 0.190. The van der Waals surface area contributed by atoms with Crippen LogP contribution in [-0.4, -0.2) is 16.9 Å². The number of hydrogen-bond acceptors (Lipinski definition) is 6. The van der Waals surface area contributed by atoms with Crippen LogP contribution in [-0.2, 0) is 16.1 Å². The molecule has 0 unspecified atom stereocenters. The molecule has 3 aromatic rings. The van der Waals surface area contributed by atoms with Gasteiger partial charge in [0.2, 0.25) is 5.91 Å². The first-order valence-corrected chi connectivity index (χ1v) is 10.6. The number of nitrogens with two attached hydrogens (primary N) is 1. The van der Waals surface area contributed by atoms with E-state index in [0.29, 0.717) is 10.8 Å². The van der Waals surface area contributed by atoms with E-state index in [1.807, 2.05) is 32.0 Å². The molecule has 0 saturated carbocycles. The van der Waals surface area contributed by atoms with Crippen LogP contribution in [0.5, 0.6) is 0 Å². The SMILES string of the molecule is CC(=O)N(c1nc(COC(=O)c2cc(Cl)cc(Cl)c2N)cs1)c1cccc(C)c1C. The molecule has 2 aromatic carbocycles. The quantitative estimate of drug-likeness (QED) is 0.387. The van der Waals surface area contributed by atoms with E-state index >= 15 is 0 Å². The fourth-order valence-corrected chi connectivity index (χ4v) is 4.18. The van der Waals surface area contributed by atoms with Crippen molar-refractivity contribution in [1.82, 2.24) is 4.98 Å². The van der Waals surface area contributed by atoms with Crippen LogP contribution in [0.4, 0.5) is 16.5 Å². The van der Waals surface area contributed by atoms with Gasteiger partial charge < -0.3 is 10.5 Å². The van der Waals surface area contributed by atoms with Crippen LogP contribution in [0.3, 0.4) is 0 Å². The molecule has 0 aliphatic rings. The predicted molar refractivity (Wildman–Crippen MR) is 121 cm³/mol. The molecule has 0 atom stereocenters. The number of ether oxygens (including phenoxy) is 1. The number of hydrogen-bond donors (Lipinski definition) is 1. The lowest BCUT2D eigenvalue weighted by Crippen LogP contribution is -2.23. The minimum atomic E-state index is -0.663. The predicted octanol–water partition coefficient (Wildman–Crippen LogP) is 5.69. The Balaban J connectivity index is 1.80. The topological polar surface area (TPSA) is 85.5 Å². The average Bonchev–Trinajstić information content (AvgIpc) is 3.14. The van der Waals surface area contributed by atoms with E-state index in [-0.39, 0.29) is 33.8 Å². The molecule has 2 N–H and O–H groups in total. The van der Waals surface area contributed by atoms with Gasteiger partial charge in [0.25, 0.3) is 0 Å². The smallest absolute Gasteiger partial charge is 0.340 e. The number of aromatic nitrogens is 1. The number of nitrogen functional groups attached to an aromatic ring is 1. The zero-order valence-electron chi connectivity index (χ0n) is 16.5. The molecule has 9 heteroatoms. The average molecular weight is 464 g/mol. The van der Waals surface area contributed by atoms with Crippen LogP contribution in [0.2, 0.25) is 10.0 Å². The number of amides is 1. The molecule has 0 spiro atoms. The fourth-order valence-electron chi connectivity index (χ4n) is 2.82. The van der Waals surface area contributed by atoms with E-state index in [9.17, 15) is 9.59 Å². The number of carbonyl (C=O) groups excluding carboxylic acids is 2. The summed E-state index contributed by atoms with van der Waals surface area (Å²) < 4.78 is 5.31. The van der Waals surface area contributed by atoms with Gasteiger partial charge in [-0.1, -0.05) is 35.3 Å². The standard InChI is InChI=1S/C21H19Cl2N3O3S/c1-11-5-4-6-18(12(11)2)26(13(3)27)21-25-15(10-30-21)9-29-20(28)16-7-14(22)8-17(23)19(16)24/h4-8,10H,9,24H2,1-3H3. The Hall–Kier alpha value is -2.61. The third kappa shape index (κ3) is 4.59. The van der Waals surface area contributed by atoms with Gasteiger partial charge in [0.15, 0.2) is 5.13 Å². The summed E-state index contributed by atoms with van der Waals surface area (Å²) in [6.45, 7) is 5.33. The van der Waals surface area contributed by atoms with Gasteiger partial charge in [0.1, 0.15) is 6.61 Å². The van der Waals surface area contributed by atoms with Crippen LogP contribution in [0.25, 0.3) is 0 Å². The van der Waals surface area contributed by atoms with Gasteiger partial charge >= 0.3 is 5.97 Å². The summed E-state index contributed by atoms with van der Waals surface area (Å²) in [5.74, 6) is -0.827. The van der Waals surface area contributed by atoms with E-state index in [1.54, 1.807) is 10.3 Å². The molecule has 0 saturated heterocycles. The third-order valence-electron chi connectivity index (χ3n) is 4.53. The van der Waals surface area contributed by atoms with Crippen molar-refractivity contribution in [1.29, 1.82) is 0 Å². The number of aryl methyl sites for hydroxylation is 1. The van der Waals surface area contributed by atoms with Crippen LogP contribution >= 0.6 is 34.5 Å². The molecule has 0 aliphatic carbocycles. The van der Waals surface area contributed by atoms with Gasteiger partial charge in [-0.3, -0.25) is 9.69 Å². The van der Waals surface area contributed by atoms with Gasteiger partial charge in [-0.25, -0.2) is 9.78 Å². The van der Waals surface area contributed by atoms with Crippen LogP contribution < -0.4 is 10.6 Å². The van der Waals surface area contributed by atoms with E-state index < -0.39 is 5.97 Å². The van der Waals surface area contributed by atoms with E-state index in [4.69, 9.17) is 33.7 Å². The van der Waals surface area contributed by atoms with E-state index in [2.05, 4.69) is 4.98 Å². The molecule has 0 bridgehead atoms. The number of anilines is 3. The maximum Gasteiger partial charge on any atom is 0.340 e. The summed E-state index contributed by atoms with van der Waals surface area (Å²) in [4.78, 5) is 30.7. The van der Waals surface area contributed by atoms with Crippen molar-refractivity contribution in [2.45, 2.75) is 27.4 Å². The highest BCUT2D eigenvalue weighted by Crippen LogP contribution is 2.33. The summed E-state index contributed by atoms with van der Waals surface area (Å²) in [6.07, 6.45) is 0. The monoisotopic (exact) mass is 463 g/mol. The lowest BCUT2D eigenvalue weighted by atomic mass is 10.1. The van der Waals surface area contributed by atoms with Gasteiger partial charge in [-0.2, -0.15) is 0 Å². The van der Waals surface area contributed by atoms with Gasteiger partial charge in [0.05, 0.1) is 27.7 Å². The number of esters is 1. The second kappa shape index (κ2) is 9.04. The van der Waals surface area contributed by atoms with Crippen LogP contribution in [0.1, 0.15) is 34.1 Å². The second-order valence-electron chi connectivity index (χ2n) is 6.62. The van der Waals surface area contributed by atoms with Gasteiger partial charge in [-0.05, 0) is 43.2 Å². The molecule has 1 aromatic heterocycles. The first-order valence-electron chi connectivity index (χ1n) is 8.92. The molecular formula is C21H19Cl2N3O3S. The molecule has 30 heavy (non-hydrogen) atoms. The number of thiazole rings is 1. The summed E-state index contributed by atoms with van der Waals surface area (Å²) in [6, 6.07) is 8.60. The third-order valence-corrected chi connectivity index (χ3v) is 5.93. The molecular weight excluding hydrogens is 445 g/mol. The normalized spacial score (nSPS) is 10.7. The Morgan fingerprint density at radius 1 is 1.23 bits per heavy atom. The molecule has 1 amide bonds. The highest BCUT2D eigenvalue weighted by molar-refractivity contribution is 7.14. The minimum Gasteiger partial charge on any atom is -0.455 e. The molecule has 156 valence electrons. The van der Waals surface area contributed by atoms with Crippen molar-refractivity contribution < 1.29 is 14.3 Å².